The molecule has 1 aliphatic heterocycles. The van der Waals surface area contributed by atoms with E-state index in [0.717, 1.165) is 31.5 Å². The number of hydrogen-bond donors (Lipinski definition) is 1. The van der Waals surface area contributed by atoms with Gasteiger partial charge in [0.2, 0.25) is 0 Å². The van der Waals surface area contributed by atoms with E-state index in [4.69, 9.17) is 16.3 Å². The molecule has 4 nitrogen and oxygen atoms in total. The molecule has 1 aromatic heterocycles. The molecule has 0 amide bonds. The smallest absolute Gasteiger partial charge is 0.112 e. The average Bonchev–Trinajstić information content (AvgIpc) is 2.72. The van der Waals surface area contributed by atoms with Gasteiger partial charge in [-0.15, -0.1) is 0 Å². The molecule has 0 spiro atoms. The third kappa shape index (κ3) is 3.12. The molecule has 1 N–H and O–H groups in total. The number of aromatic nitrogens is 2. The van der Waals surface area contributed by atoms with Gasteiger partial charge in [-0.2, -0.15) is 5.10 Å². The van der Waals surface area contributed by atoms with Gasteiger partial charge in [-0.05, 0) is 12.8 Å². The molecule has 5 heteroatoms. The van der Waals surface area contributed by atoms with E-state index in [2.05, 4.69) is 18.9 Å². The lowest BCUT2D eigenvalue weighted by molar-refractivity contribution is -0.113. The van der Waals surface area contributed by atoms with Crippen molar-refractivity contribution in [3.63, 3.8) is 0 Å². The van der Waals surface area contributed by atoms with E-state index in [1.807, 2.05) is 4.68 Å². The maximum atomic E-state index is 11.0. The number of nitrogens with zero attached hydrogens (tertiary/aromatic N) is 2. The van der Waals surface area contributed by atoms with Crippen LogP contribution in [-0.2, 0) is 16.9 Å². The zero-order chi connectivity index (χ0) is 13.9. The number of hydrogen-bond acceptors (Lipinski definition) is 3. The molecular formula is C14H23ClN2O2. The Morgan fingerprint density at radius 2 is 2.32 bits per heavy atom. The topological polar surface area (TPSA) is 47.3 Å². The summed E-state index contributed by atoms with van der Waals surface area (Å²) in [5, 5.41) is 15.8. The first-order valence-corrected chi connectivity index (χ1v) is 7.54. The van der Waals surface area contributed by atoms with Crippen LogP contribution in [0.25, 0.3) is 0 Å². The minimum atomic E-state index is -0.902. The summed E-state index contributed by atoms with van der Waals surface area (Å²) in [4.78, 5) is 0. The lowest BCUT2D eigenvalue weighted by Gasteiger charge is -2.37. The van der Waals surface area contributed by atoms with Crippen LogP contribution in [0.1, 0.15) is 51.6 Å². The summed E-state index contributed by atoms with van der Waals surface area (Å²) in [7, 11) is 0. The highest BCUT2D eigenvalue weighted by Gasteiger charge is 2.40. The molecule has 0 bridgehead atoms. The summed E-state index contributed by atoms with van der Waals surface area (Å²) >= 11 is 6.24. The lowest BCUT2D eigenvalue weighted by atomic mass is 9.86. The van der Waals surface area contributed by atoms with Crippen LogP contribution in [0.2, 0.25) is 5.02 Å². The first kappa shape index (κ1) is 14.8. The summed E-state index contributed by atoms with van der Waals surface area (Å²) in [6, 6.07) is 0. The van der Waals surface area contributed by atoms with Gasteiger partial charge in [0, 0.05) is 19.4 Å². The number of halogens is 1. The molecule has 108 valence electrons. The van der Waals surface area contributed by atoms with E-state index in [9.17, 15) is 5.11 Å². The second-order valence-electron chi connectivity index (χ2n) is 5.33. The molecule has 2 atom stereocenters. The van der Waals surface area contributed by atoms with Crippen LogP contribution in [0.3, 0.4) is 0 Å². The van der Waals surface area contributed by atoms with Gasteiger partial charge in [0.15, 0.2) is 0 Å². The molecule has 1 aromatic rings. The number of ether oxygens (including phenoxy) is 1. The molecule has 2 unspecified atom stereocenters. The molecule has 0 saturated carbocycles. The largest absolute Gasteiger partial charge is 0.383 e. The Bertz CT molecular complexity index is 420. The Morgan fingerprint density at radius 3 is 3.00 bits per heavy atom. The van der Waals surface area contributed by atoms with E-state index in [-0.39, 0.29) is 6.10 Å². The Labute approximate surface area is 119 Å². The zero-order valence-electron chi connectivity index (χ0n) is 11.7. The van der Waals surface area contributed by atoms with E-state index < -0.39 is 5.60 Å². The van der Waals surface area contributed by atoms with E-state index in [0.29, 0.717) is 24.5 Å². The van der Waals surface area contributed by atoms with Crippen LogP contribution >= 0.6 is 11.6 Å². The van der Waals surface area contributed by atoms with Crippen LogP contribution in [0.5, 0.6) is 0 Å². The molecule has 1 saturated heterocycles. The minimum Gasteiger partial charge on any atom is -0.383 e. The highest BCUT2D eigenvalue weighted by Crippen LogP contribution is 2.39. The normalized spacial score (nSPS) is 27.7. The molecule has 2 rings (SSSR count). The van der Waals surface area contributed by atoms with Gasteiger partial charge in [-0.3, -0.25) is 4.68 Å². The van der Waals surface area contributed by atoms with Crippen LogP contribution in [0.4, 0.5) is 0 Å². The van der Waals surface area contributed by atoms with Crippen molar-refractivity contribution in [2.45, 2.75) is 64.2 Å². The Hall–Kier alpha value is -0.580. The standard InChI is InChI=1S/C14H23ClN2O2/c1-3-5-11-9-14(18,6-8-19-11)13-12(15)10-16-17(13)7-4-2/h10-11,18H,3-9H2,1-2H3. The van der Waals surface area contributed by atoms with Crippen molar-refractivity contribution in [2.24, 2.45) is 0 Å². The van der Waals surface area contributed by atoms with Crippen molar-refractivity contribution in [2.75, 3.05) is 6.61 Å². The third-order valence-electron chi connectivity index (χ3n) is 3.72. The van der Waals surface area contributed by atoms with E-state index in [1.54, 1.807) is 6.20 Å². The lowest BCUT2D eigenvalue weighted by Crippen LogP contribution is -2.40. The summed E-state index contributed by atoms with van der Waals surface area (Å²) < 4.78 is 7.56. The second-order valence-corrected chi connectivity index (χ2v) is 5.74. The first-order chi connectivity index (χ1) is 9.10. The molecule has 19 heavy (non-hydrogen) atoms. The van der Waals surface area contributed by atoms with Gasteiger partial charge < -0.3 is 9.84 Å². The SMILES string of the molecule is CCCC1CC(O)(c2c(Cl)cnn2CCC)CCO1. The highest BCUT2D eigenvalue weighted by molar-refractivity contribution is 6.31. The van der Waals surface area contributed by atoms with Gasteiger partial charge in [-0.1, -0.05) is 31.9 Å². The van der Waals surface area contributed by atoms with E-state index in [1.165, 1.54) is 0 Å². The fourth-order valence-electron chi connectivity index (χ4n) is 2.86. The van der Waals surface area contributed by atoms with Crippen molar-refractivity contribution >= 4 is 11.6 Å². The van der Waals surface area contributed by atoms with Crippen molar-refractivity contribution < 1.29 is 9.84 Å². The predicted octanol–water partition coefficient (Wildman–Crippen LogP) is 3.11. The third-order valence-corrected chi connectivity index (χ3v) is 3.99. The van der Waals surface area contributed by atoms with Gasteiger partial charge in [0.05, 0.1) is 29.6 Å². The minimum absolute atomic E-state index is 0.116. The van der Waals surface area contributed by atoms with Crippen LogP contribution in [0.15, 0.2) is 6.20 Å². The van der Waals surface area contributed by atoms with Crippen LogP contribution < -0.4 is 0 Å². The van der Waals surface area contributed by atoms with E-state index >= 15 is 0 Å². The van der Waals surface area contributed by atoms with Gasteiger partial charge in [-0.25, -0.2) is 0 Å². The van der Waals surface area contributed by atoms with Crippen molar-refractivity contribution in [1.82, 2.24) is 9.78 Å². The molecule has 0 radical (unpaired) electrons. The highest BCUT2D eigenvalue weighted by atomic mass is 35.5. The number of aryl methyl sites for hydroxylation is 1. The van der Waals surface area contributed by atoms with Crippen molar-refractivity contribution in [3.05, 3.63) is 16.9 Å². The summed E-state index contributed by atoms with van der Waals surface area (Å²) in [6.45, 7) is 5.58. The zero-order valence-corrected chi connectivity index (χ0v) is 12.5. The van der Waals surface area contributed by atoms with Crippen molar-refractivity contribution in [3.8, 4) is 0 Å². The summed E-state index contributed by atoms with van der Waals surface area (Å²) in [5.74, 6) is 0. The maximum absolute atomic E-state index is 11.0. The fourth-order valence-corrected chi connectivity index (χ4v) is 3.18. The van der Waals surface area contributed by atoms with Crippen LogP contribution in [0, 0.1) is 0 Å². The molecule has 0 aromatic carbocycles. The molecule has 1 aliphatic rings. The molecule has 0 aliphatic carbocycles. The Kier molecular flexibility index (Phi) is 4.87. The van der Waals surface area contributed by atoms with Crippen molar-refractivity contribution in [1.29, 1.82) is 0 Å². The van der Waals surface area contributed by atoms with Gasteiger partial charge in [0.1, 0.15) is 5.60 Å². The Balaban J connectivity index is 2.25. The monoisotopic (exact) mass is 286 g/mol. The molecular weight excluding hydrogens is 264 g/mol. The fraction of sp³-hybridized carbons (Fsp3) is 0.786. The number of aliphatic hydroxyl groups is 1. The second kappa shape index (κ2) is 6.25. The molecule has 2 heterocycles. The summed E-state index contributed by atoms with van der Waals surface area (Å²) in [5.41, 5.74) is -0.138. The first-order valence-electron chi connectivity index (χ1n) is 7.16. The predicted molar refractivity (Wildman–Crippen MR) is 75.3 cm³/mol. The molecule has 1 fully saturated rings. The number of rotatable bonds is 5. The summed E-state index contributed by atoms with van der Waals surface area (Å²) in [6.07, 6.45) is 5.94. The van der Waals surface area contributed by atoms with Gasteiger partial charge >= 0.3 is 0 Å². The maximum Gasteiger partial charge on any atom is 0.112 e. The average molecular weight is 287 g/mol. The Morgan fingerprint density at radius 1 is 1.53 bits per heavy atom. The van der Waals surface area contributed by atoms with Gasteiger partial charge in [0.25, 0.3) is 0 Å². The van der Waals surface area contributed by atoms with Crippen LogP contribution in [-0.4, -0.2) is 27.6 Å². The quantitative estimate of drug-likeness (QED) is 0.905.